The fourth-order valence-corrected chi connectivity index (χ4v) is 3.16. The molecule has 2 rings (SSSR count). The van der Waals surface area contributed by atoms with Gasteiger partial charge in [-0.05, 0) is 24.6 Å². The van der Waals surface area contributed by atoms with Gasteiger partial charge in [-0.1, -0.05) is 28.1 Å². The van der Waals surface area contributed by atoms with E-state index in [0.29, 0.717) is 5.69 Å². The number of aromatic nitrogens is 2. The van der Waals surface area contributed by atoms with Gasteiger partial charge >= 0.3 is 5.97 Å². The Bertz CT molecular complexity index is 890. The number of nitrogens with zero attached hydrogens (tertiary/aromatic N) is 2. The van der Waals surface area contributed by atoms with Crippen LogP contribution in [0.5, 0.6) is 0 Å². The van der Waals surface area contributed by atoms with Gasteiger partial charge < -0.3 is 30.2 Å². The molecular weight excluding hydrogens is 472 g/mol. The van der Waals surface area contributed by atoms with Crippen molar-refractivity contribution in [2.75, 3.05) is 14.2 Å². The second-order valence-corrected chi connectivity index (χ2v) is 7.86. The fourth-order valence-electron chi connectivity index (χ4n) is 2.89. The maximum Gasteiger partial charge on any atom is 0.328 e. The number of esters is 1. The molecule has 4 N–H and O–H groups in total. The van der Waals surface area contributed by atoms with E-state index in [2.05, 4.69) is 31.2 Å². The molecular formula is C20H25BrN4O6. The quantitative estimate of drug-likeness (QED) is 0.365. The molecule has 1 aromatic carbocycles. The first-order valence-electron chi connectivity index (χ1n) is 9.39. The Morgan fingerprint density at radius 3 is 2.42 bits per heavy atom. The van der Waals surface area contributed by atoms with Crippen LogP contribution < -0.4 is 5.32 Å². The summed E-state index contributed by atoms with van der Waals surface area (Å²) in [5, 5.41) is 23.1. The van der Waals surface area contributed by atoms with Crippen molar-refractivity contribution in [3.8, 4) is 0 Å². The molecule has 0 fully saturated rings. The Kier molecular flexibility index (Phi) is 8.72. The number of rotatable bonds is 9. The lowest BCUT2D eigenvalue weighted by Gasteiger charge is -2.29. The first kappa shape index (κ1) is 24.5. The molecule has 31 heavy (non-hydrogen) atoms. The smallest absolute Gasteiger partial charge is 0.328 e. The number of likely N-dealkylation sites (N-methyl/N-ethyl adjacent to an activating group) is 1. The third kappa shape index (κ3) is 6.36. The second kappa shape index (κ2) is 11.0. The summed E-state index contributed by atoms with van der Waals surface area (Å²) in [6, 6.07) is 5.60. The highest BCUT2D eigenvalue weighted by Gasteiger charge is 2.37. The summed E-state index contributed by atoms with van der Waals surface area (Å²) in [5.41, 5.74) is 1.33. The average molecular weight is 497 g/mol. The van der Waals surface area contributed by atoms with Crippen molar-refractivity contribution < 1.29 is 29.3 Å². The summed E-state index contributed by atoms with van der Waals surface area (Å²) in [7, 11) is 2.45. The number of aliphatic hydroxyl groups is 2. The monoisotopic (exact) mass is 496 g/mol. The molecule has 0 saturated carbocycles. The third-order valence-corrected chi connectivity index (χ3v) is 5.33. The number of imidazole rings is 1. The molecule has 4 atom stereocenters. The van der Waals surface area contributed by atoms with E-state index >= 15 is 0 Å². The molecule has 0 aliphatic heterocycles. The number of hydrogen-bond donors (Lipinski definition) is 4. The van der Waals surface area contributed by atoms with E-state index < -0.39 is 42.1 Å². The van der Waals surface area contributed by atoms with E-state index in [-0.39, 0.29) is 6.42 Å². The molecule has 1 heterocycles. The maximum absolute atomic E-state index is 12.7. The lowest BCUT2D eigenvalue weighted by Crippen LogP contribution is -2.54. The minimum Gasteiger partial charge on any atom is -0.467 e. The third-order valence-electron chi connectivity index (χ3n) is 4.81. The lowest BCUT2D eigenvalue weighted by molar-refractivity contribution is -0.160. The van der Waals surface area contributed by atoms with Crippen LogP contribution in [0.1, 0.15) is 24.2 Å². The van der Waals surface area contributed by atoms with Gasteiger partial charge in [0.25, 0.3) is 11.8 Å². The number of H-pyrrole nitrogens is 1. The van der Waals surface area contributed by atoms with Gasteiger partial charge in [0.2, 0.25) is 0 Å². The minimum atomic E-state index is -2.07. The number of benzene rings is 1. The zero-order chi connectivity index (χ0) is 23.1. The molecule has 1 unspecified atom stereocenters. The highest BCUT2D eigenvalue weighted by Crippen LogP contribution is 2.17. The zero-order valence-electron chi connectivity index (χ0n) is 17.3. The van der Waals surface area contributed by atoms with Gasteiger partial charge in [-0.25, -0.2) is 9.78 Å². The predicted octanol–water partition coefficient (Wildman–Crippen LogP) is 0.314. The molecule has 0 saturated heterocycles. The van der Waals surface area contributed by atoms with Gasteiger partial charge in [-0.2, -0.15) is 0 Å². The summed E-state index contributed by atoms with van der Waals surface area (Å²) in [4.78, 5) is 44.8. The van der Waals surface area contributed by atoms with E-state index in [0.717, 1.165) is 14.9 Å². The topological polar surface area (TPSA) is 145 Å². The van der Waals surface area contributed by atoms with Gasteiger partial charge in [-0.15, -0.1) is 0 Å². The van der Waals surface area contributed by atoms with E-state index in [1.807, 2.05) is 0 Å². The lowest BCUT2D eigenvalue weighted by atomic mass is 10.1. The number of nitrogens with one attached hydrogen (secondary N) is 2. The van der Waals surface area contributed by atoms with Crippen LogP contribution in [0.25, 0.3) is 0 Å². The van der Waals surface area contributed by atoms with Crippen LogP contribution in [0.2, 0.25) is 0 Å². The summed E-state index contributed by atoms with van der Waals surface area (Å²) in [6.45, 7) is 1.70. The largest absolute Gasteiger partial charge is 0.467 e. The highest BCUT2D eigenvalue weighted by atomic mass is 79.9. The molecule has 0 spiro atoms. The van der Waals surface area contributed by atoms with Crippen LogP contribution >= 0.6 is 15.9 Å². The van der Waals surface area contributed by atoms with E-state index in [1.165, 1.54) is 26.7 Å². The number of halogens is 1. The molecule has 2 aromatic rings. The number of carbonyl (C=O) groups excluding carboxylic acids is 3. The average Bonchev–Trinajstić information content (AvgIpc) is 3.28. The first-order valence-corrected chi connectivity index (χ1v) is 10.2. The Balaban J connectivity index is 2.05. The van der Waals surface area contributed by atoms with Crippen molar-refractivity contribution >= 4 is 33.7 Å². The fraction of sp³-hybridized carbons (Fsp3) is 0.400. The zero-order valence-corrected chi connectivity index (χ0v) is 18.9. The standard InChI is InChI=1S/C20H25BrN4O6/c1-11(12-4-6-13(21)7-5-12)24-18(28)16(26)17(27)19(29)25(2)15(20(30)31-3)8-14-9-22-10-23-14/h4-7,9-11,15-17,26-27H,8H2,1-3H3,(H,22,23)(H,24,28)/t11-,15?,16+,17+/m1/s1. The number of hydrogen-bond acceptors (Lipinski definition) is 7. The van der Waals surface area contributed by atoms with E-state index in [4.69, 9.17) is 4.74 Å². The molecule has 2 amide bonds. The Hall–Kier alpha value is -2.76. The van der Waals surface area contributed by atoms with Crippen molar-refractivity contribution in [2.24, 2.45) is 0 Å². The molecule has 0 bridgehead atoms. The summed E-state index contributed by atoms with van der Waals surface area (Å²) >= 11 is 3.32. The summed E-state index contributed by atoms with van der Waals surface area (Å²) in [6.07, 6.45) is -1.16. The Morgan fingerprint density at radius 2 is 1.87 bits per heavy atom. The van der Waals surface area contributed by atoms with Crippen LogP contribution in [-0.4, -0.2) is 75.3 Å². The normalized spacial score (nSPS) is 14.8. The molecule has 0 radical (unpaired) electrons. The number of aliphatic hydroxyl groups excluding tert-OH is 2. The van der Waals surface area contributed by atoms with Crippen molar-refractivity contribution in [2.45, 2.75) is 37.6 Å². The molecule has 0 aliphatic carbocycles. The Labute approximate surface area is 187 Å². The van der Waals surface area contributed by atoms with Crippen molar-refractivity contribution in [3.63, 3.8) is 0 Å². The van der Waals surface area contributed by atoms with Crippen molar-refractivity contribution in [3.05, 3.63) is 52.5 Å². The summed E-state index contributed by atoms with van der Waals surface area (Å²) in [5.74, 6) is -2.65. The van der Waals surface area contributed by atoms with E-state index in [1.54, 1.807) is 31.2 Å². The molecule has 0 aliphatic rings. The molecule has 11 heteroatoms. The van der Waals surface area contributed by atoms with Crippen LogP contribution in [0.4, 0.5) is 0 Å². The van der Waals surface area contributed by atoms with Gasteiger partial charge in [0.15, 0.2) is 12.2 Å². The first-order chi connectivity index (χ1) is 14.6. The minimum absolute atomic E-state index is 0.0462. The van der Waals surface area contributed by atoms with Crippen LogP contribution in [0, 0.1) is 0 Å². The molecule has 10 nitrogen and oxygen atoms in total. The summed E-state index contributed by atoms with van der Waals surface area (Å²) < 4.78 is 5.61. The van der Waals surface area contributed by atoms with Crippen LogP contribution in [0.3, 0.4) is 0 Å². The number of methoxy groups -OCH3 is 1. The van der Waals surface area contributed by atoms with Gasteiger partial charge in [0.05, 0.1) is 19.5 Å². The van der Waals surface area contributed by atoms with Crippen molar-refractivity contribution in [1.29, 1.82) is 0 Å². The van der Waals surface area contributed by atoms with Crippen LogP contribution in [0.15, 0.2) is 41.3 Å². The van der Waals surface area contributed by atoms with Gasteiger partial charge in [0.1, 0.15) is 6.04 Å². The maximum atomic E-state index is 12.7. The van der Waals surface area contributed by atoms with E-state index in [9.17, 15) is 24.6 Å². The van der Waals surface area contributed by atoms with Crippen LogP contribution in [-0.2, 0) is 25.5 Å². The SMILES string of the molecule is COC(=O)C(Cc1cnc[nH]1)N(C)C(=O)[C@@H](O)[C@H](O)C(=O)N[C@H](C)c1ccc(Br)cc1. The predicted molar refractivity (Wildman–Crippen MR) is 114 cm³/mol. The van der Waals surface area contributed by atoms with Crippen molar-refractivity contribution in [1.82, 2.24) is 20.2 Å². The highest BCUT2D eigenvalue weighted by molar-refractivity contribution is 9.10. The second-order valence-electron chi connectivity index (χ2n) is 6.94. The number of aromatic amines is 1. The molecule has 168 valence electrons. The Morgan fingerprint density at radius 1 is 1.23 bits per heavy atom. The van der Waals surface area contributed by atoms with Gasteiger partial charge in [-0.3, -0.25) is 9.59 Å². The number of carbonyl (C=O) groups is 3. The number of ether oxygens (including phenoxy) is 1. The van der Waals surface area contributed by atoms with Gasteiger partial charge in [0, 0.05) is 29.8 Å². The number of amides is 2. The molecule has 1 aromatic heterocycles.